The highest BCUT2D eigenvalue weighted by atomic mass is 19.4. The fourth-order valence-electron chi connectivity index (χ4n) is 1.89. The van der Waals surface area contributed by atoms with Gasteiger partial charge >= 0.3 is 12.4 Å². The van der Waals surface area contributed by atoms with Crippen LogP contribution in [0.5, 0.6) is 5.75 Å². The largest absolute Gasteiger partial charge is 0.497 e. The molecular formula is C16H11F6NO. The highest BCUT2D eigenvalue weighted by Crippen LogP contribution is 2.31. The molecule has 8 heteroatoms. The number of halogens is 6. The molecule has 0 heterocycles. The number of aliphatic imine (C=N–C) groups is 1. The topological polar surface area (TPSA) is 21.6 Å². The summed E-state index contributed by atoms with van der Waals surface area (Å²) < 4.78 is 82.0. The zero-order valence-electron chi connectivity index (χ0n) is 12.2. The first-order valence-corrected chi connectivity index (χ1v) is 6.59. The fourth-order valence-corrected chi connectivity index (χ4v) is 1.89. The van der Waals surface area contributed by atoms with Gasteiger partial charge in [0.25, 0.3) is 0 Å². The van der Waals surface area contributed by atoms with Crippen molar-refractivity contribution in [3.8, 4) is 5.75 Å². The molecule has 0 saturated carbocycles. The van der Waals surface area contributed by atoms with Crippen molar-refractivity contribution in [3.63, 3.8) is 0 Å². The van der Waals surface area contributed by atoms with Crippen molar-refractivity contribution in [1.29, 1.82) is 0 Å². The summed E-state index contributed by atoms with van der Waals surface area (Å²) in [6.45, 7) is 0. The molecule has 0 aliphatic carbocycles. The van der Waals surface area contributed by atoms with Crippen LogP contribution in [-0.4, -0.2) is 19.0 Å². The van der Waals surface area contributed by atoms with Gasteiger partial charge in [-0.1, -0.05) is 12.1 Å². The molecule has 2 aromatic carbocycles. The molecular weight excluding hydrogens is 336 g/mol. The lowest BCUT2D eigenvalue weighted by molar-refractivity contribution is -0.137. The number of ether oxygens (including phenoxy) is 1. The summed E-state index contributed by atoms with van der Waals surface area (Å²) in [5, 5.41) is 0. The molecule has 0 unspecified atom stereocenters. The summed E-state index contributed by atoms with van der Waals surface area (Å²) >= 11 is 0. The zero-order valence-corrected chi connectivity index (χ0v) is 12.2. The van der Waals surface area contributed by atoms with E-state index in [2.05, 4.69) is 4.99 Å². The lowest BCUT2D eigenvalue weighted by atomic mass is 10.1. The van der Waals surface area contributed by atoms with Crippen LogP contribution in [0.1, 0.15) is 11.1 Å². The maximum atomic E-state index is 13.2. The Labute approximate surface area is 133 Å². The first-order chi connectivity index (χ1) is 11.1. The van der Waals surface area contributed by atoms with Crippen molar-refractivity contribution in [1.82, 2.24) is 0 Å². The average Bonchev–Trinajstić information content (AvgIpc) is 2.51. The number of benzene rings is 2. The fraction of sp³-hybridized carbons (Fsp3) is 0.188. The Morgan fingerprint density at radius 1 is 0.833 bits per heavy atom. The van der Waals surface area contributed by atoms with E-state index >= 15 is 0 Å². The SMILES string of the molecule is COc1ccc(N=C(c2ccc(C(F)(F)F)cc2)C(F)(F)F)cc1. The third kappa shape index (κ3) is 4.27. The molecule has 0 bridgehead atoms. The van der Waals surface area contributed by atoms with Crippen molar-refractivity contribution in [2.24, 2.45) is 4.99 Å². The van der Waals surface area contributed by atoms with Gasteiger partial charge in [-0.2, -0.15) is 26.3 Å². The Morgan fingerprint density at radius 2 is 1.38 bits per heavy atom. The van der Waals surface area contributed by atoms with Crippen LogP contribution in [0, 0.1) is 0 Å². The molecule has 0 N–H and O–H groups in total. The Kier molecular flexibility index (Phi) is 4.86. The summed E-state index contributed by atoms with van der Waals surface area (Å²) in [7, 11) is 1.40. The molecule has 0 saturated heterocycles. The van der Waals surface area contributed by atoms with Crippen LogP contribution in [0.15, 0.2) is 53.5 Å². The van der Waals surface area contributed by atoms with Gasteiger partial charge in [0.15, 0.2) is 5.71 Å². The van der Waals surface area contributed by atoms with Crippen molar-refractivity contribution < 1.29 is 31.1 Å². The molecule has 2 aromatic rings. The monoisotopic (exact) mass is 347 g/mol. The molecule has 2 nitrogen and oxygen atoms in total. The van der Waals surface area contributed by atoms with E-state index in [0.717, 1.165) is 12.1 Å². The number of hydrogen-bond donors (Lipinski definition) is 0. The number of hydrogen-bond acceptors (Lipinski definition) is 2. The molecule has 0 radical (unpaired) electrons. The van der Waals surface area contributed by atoms with Crippen molar-refractivity contribution in [3.05, 3.63) is 59.7 Å². The average molecular weight is 347 g/mol. The minimum absolute atomic E-state index is 0.00280. The lowest BCUT2D eigenvalue weighted by Gasteiger charge is -2.12. The quantitative estimate of drug-likeness (QED) is 0.538. The van der Waals surface area contributed by atoms with E-state index in [1.54, 1.807) is 0 Å². The first-order valence-electron chi connectivity index (χ1n) is 6.59. The van der Waals surface area contributed by atoms with Crippen LogP contribution in [0.3, 0.4) is 0 Å². The Hall–Kier alpha value is -2.51. The Bertz CT molecular complexity index is 714. The minimum atomic E-state index is -4.82. The van der Waals surface area contributed by atoms with E-state index < -0.39 is 29.2 Å². The summed E-state index contributed by atoms with van der Waals surface area (Å²) in [5.74, 6) is 0.442. The number of methoxy groups -OCH3 is 1. The second kappa shape index (κ2) is 6.54. The van der Waals surface area contributed by atoms with Crippen molar-refractivity contribution >= 4 is 11.4 Å². The normalized spacial score (nSPS) is 13.0. The van der Waals surface area contributed by atoms with E-state index in [9.17, 15) is 26.3 Å². The van der Waals surface area contributed by atoms with Gasteiger partial charge in [0.1, 0.15) is 5.75 Å². The van der Waals surface area contributed by atoms with E-state index in [-0.39, 0.29) is 5.69 Å². The maximum absolute atomic E-state index is 13.2. The van der Waals surface area contributed by atoms with Crippen LogP contribution < -0.4 is 4.74 Å². The second-order valence-electron chi connectivity index (χ2n) is 4.73. The highest BCUT2D eigenvalue weighted by molar-refractivity contribution is 6.06. The summed E-state index contributed by atoms with van der Waals surface area (Å²) in [6.07, 6.45) is -9.44. The Morgan fingerprint density at radius 3 is 1.79 bits per heavy atom. The van der Waals surface area contributed by atoms with Gasteiger partial charge in [0, 0.05) is 5.56 Å². The lowest BCUT2D eigenvalue weighted by Crippen LogP contribution is -2.24. The zero-order chi connectivity index (χ0) is 18.0. The Balaban J connectivity index is 2.43. The third-order valence-electron chi connectivity index (χ3n) is 3.07. The van der Waals surface area contributed by atoms with Gasteiger partial charge in [-0.15, -0.1) is 0 Å². The van der Waals surface area contributed by atoms with Crippen LogP contribution in [0.4, 0.5) is 32.0 Å². The first kappa shape index (κ1) is 17.8. The summed E-state index contributed by atoms with van der Waals surface area (Å²) in [6, 6.07) is 8.16. The predicted octanol–water partition coefficient (Wildman–Crippen LogP) is 5.40. The van der Waals surface area contributed by atoms with E-state index in [0.29, 0.717) is 17.9 Å². The molecule has 0 aliphatic rings. The molecule has 0 aliphatic heterocycles. The van der Waals surface area contributed by atoms with Gasteiger partial charge in [-0.3, -0.25) is 0 Å². The number of rotatable bonds is 3. The van der Waals surface area contributed by atoms with E-state index in [4.69, 9.17) is 4.74 Å². The van der Waals surface area contributed by atoms with Gasteiger partial charge in [-0.05, 0) is 36.4 Å². The van der Waals surface area contributed by atoms with Gasteiger partial charge in [-0.25, -0.2) is 4.99 Å². The van der Waals surface area contributed by atoms with Gasteiger partial charge < -0.3 is 4.74 Å². The molecule has 128 valence electrons. The molecule has 0 fully saturated rings. The van der Waals surface area contributed by atoms with E-state index in [1.807, 2.05) is 0 Å². The standard InChI is InChI=1S/C16H11F6NO/c1-24-13-8-6-12(7-9-13)23-14(16(20,21)22)10-2-4-11(5-3-10)15(17,18)19/h2-9H,1H3. The van der Waals surface area contributed by atoms with Crippen LogP contribution in [0.25, 0.3) is 0 Å². The van der Waals surface area contributed by atoms with Crippen LogP contribution in [-0.2, 0) is 6.18 Å². The second-order valence-corrected chi connectivity index (χ2v) is 4.73. The highest BCUT2D eigenvalue weighted by Gasteiger charge is 2.37. The van der Waals surface area contributed by atoms with Gasteiger partial charge in [0.05, 0.1) is 18.4 Å². The van der Waals surface area contributed by atoms with Crippen molar-refractivity contribution in [2.45, 2.75) is 12.4 Å². The summed E-state index contributed by atoms with van der Waals surface area (Å²) in [5.41, 5.74) is -2.76. The van der Waals surface area contributed by atoms with Crippen LogP contribution in [0.2, 0.25) is 0 Å². The number of alkyl halides is 6. The van der Waals surface area contributed by atoms with E-state index in [1.165, 1.54) is 31.4 Å². The van der Waals surface area contributed by atoms with Crippen LogP contribution >= 0.6 is 0 Å². The summed E-state index contributed by atoms with van der Waals surface area (Å²) in [4.78, 5) is 3.52. The molecule has 0 spiro atoms. The molecule has 0 atom stereocenters. The smallest absolute Gasteiger partial charge is 0.433 e. The van der Waals surface area contributed by atoms with Gasteiger partial charge in [0.2, 0.25) is 0 Å². The molecule has 2 rings (SSSR count). The maximum Gasteiger partial charge on any atom is 0.433 e. The van der Waals surface area contributed by atoms with Crippen molar-refractivity contribution in [2.75, 3.05) is 7.11 Å². The predicted molar refractivity (Wildman–Crippen MR) is 76.7 cm³/mol. The molecule has 0 aromatic heterocycles. The third-order valence-corrected chi connectivity index (χ3v) is 3.07. The molecule has 0 amide bonds. The molecule has 24 heavy (non-hydrogen) atoms. The minimum Gasteiger partial charge on any atom is -0.497 e. The number of nitrogens with zero attached hydrogens (tertiary/aromatic N) is 1.